The number of hydrogen-bond donors (Lipinski definition) is 0. The summed E-state index contributed by atoms with van der Waals surface area (Å²) in [4.78, 5) is 0. The molecule has 0 rings (SSSR count). The van der Waals surface area contributed by atoms with Crippen LogP contribution >= 0.6 is 0 Å². The van der Waals surface area contributed by atoms with Gasteiger partial charge in [0.25, 0.3) is 0 Å². The molecule has 0 unspecified atom stereocenters. The van der Waals surface area contributed by atoms with Gasteiger partial charge in [0, 0.05) is 7.11 Å². The Morgan fingerprint density at radius 3 is 1.59 bits per heavy atom. The summed E-state index contributed by atoms with van der Waals surface area (Å²) in [6, 6.07) is 0. The van der Waals surface area contributed by atoms with Gasteiger partial charge in [0.1, 0.15) is 0 Å². The minimum atomic E-state index is 0.0776. The van der Waals surface area contributed by atoms with Crippen LogP contribution in [0.4, 0.5) is 0 Å². The number of methoxy groups -OCH3 is 1. The van der Waals surface area contributed by atoms with Gasteiger partial charge in [0.15, 0.2) is 0 Å². The van der Waals surface area contributed by atoms with E-state index in [2.05, 4.69) is 20.8 Å². The highest BCUT2D eigenvalue weighted by atomic mass is 16.5. The number of rotatable bonds is 12. The van der Waals surface area contributed by atoms with E-state index in [4.69, 9.17) is 4.74 Å². The quantitative estimate of drug-likeness (QED) is 0.408. The third kappa shape index (κ3) is 12.2. The lowest BCUT2D eigenvalue weighted by atomic mass is 9.99. The summed E-state index contributed by atoms with van der Waals surface area (Å²) in [7, 11) is 1.81. The van der Waals surface area contributed by atoms with Gasteiger partial charge in [-0.1, -0.05) is 71.1 Å². The monoisotopic (exact) mass is 241 g/mol. The van der Waals surface area contributed by atoms with E-state index in [1.165, 1.54) is 64.2 Å². The van der Waals surface area contributed by atoms with Gasteiger partial charge in [0.05, 0.1) is 5.60 Å². The molecular weight excluding hydrogens is 208 g/mol. The third-order valence-electron chi connectivity index (χ3n) is 3.58. The van der Waals surface area contributed by atoms with E-state index in [1.54, 1.807) is 0 Å². The molecule has 0 bridgehead atoms. The van der Waals surface area contributed by atoms with Gasteiger partial charge in [-0.05, 0) is 20.3 Å². The SMILES string of the molecule is [CH2]CCCCCCCCCCCC(C)(C)OC. The van der Waals surface area contributed by atoms with Gasteiger partial charge in [-0.3, -0.25) is 0 Å². The smallest absolute Gasteiger partial charge is 0.0622 e. The van der Waals surface area contributed by atoms with Crippen molar-refractivity contribution in [3.05, 3.63) is 6.92 Å². The van der Waals surface area contributed by atoms with Crippen molar-refractivity contribution >= 4 is 0 Å². The Balaban J connectivity index is 3.09. The fourth-order valence-electron chi connectivity index (χ4n) is 2.07. The van der Waals surface area contributed by atoms with E-state index in [9.17, 15) is 0 Å². The molecule has 0 aliphatic rings. The summed E-state index contributed by atoms with van der Waals surface area (Å²) in [6.45, 7) is 8.22. The largest absolute Gasteiger partial charge is 0.379 e. The first-order valence-corrected chi connectivity index (χ1v) is 7.47. The molecule has 0 N–H and O–H groups in total. The first-order chi connectivity index (χ1) is 8.12. The van der Waals surface area contributed by atoms with Gasteiger partial charge in [-0.15, -0.1) is 0 Å². The molecule has 17 heavy (non-hydrogen) atoms. The van der Waals surface area contributed by atoms with E-state index in [-0.39, 0.29) is 5.60 Å². The normalized spacial score (nSPS) is 12.0. The molecule has 103 valence electrons. The maximum Gasteiger partial charge on any atom is 0.0622 e. The molecule has 0 spiro atoms. The van der Waals surface area contributed by atoms with Crippen LogP contribution in [0.2, 0.25) is 0 Å². The minimum absolute atomic E-state index is 0.0776. The van der Waals surface area contributed by atoms with Gasteiger partial charge < -0.3 is 4.74 Å². The average molecular weight is 241 g/mol. The van der Waals surface area contributed by atoms with Gasteiger partial charge in [0.2, 0.25) is 0 Å². The summed E-state index contributed by atoms with van der Waals surface area (Å²) in [6.07, 6.45) is 14.7. The molecule has 1 nitrogen and oxygen atoms in total. The summed E-state index contributed by atoms with van der Waals surface area (Å²) in [5, 5.41) is 0. The van der Waals surface area contributed by atoms with Gasteiger partial charge in [-0.2, -0.15) is 0 Å². The highest BCUT2D eigenvalue weighted by Crippen LogP contribution is 2.18. The maximum atomic E-state index is 5.42. The Hall–Kier alpha value is -0.0400. The van der Waals surface area contributed by atoms with Crippen molar-refractivity contribution in [3.63, 3.8) is 0 Å². The van der Waals surface area contributed by atoms with Crippen molar-refractivity contribution < 1.29 is 4.74 Å². The van der Waals surface area contributed by atoms with Crippen LogP contribution in [-0.2, 0) is 4.74 Å². The van der Waals surface area contributed by atoms with Crippen molar-refractivity contribution in [1.82, 2.24) is 0 Å². The summed E-state index contributed by atoms with van der Waals surface area (Å²) >= 11 is 0. The summed E-state index contributed by atoms with van der Waals surface area (Å²) in [5.41, 5.74) is 0.0776. The Kier molecular flexibility index (Phi) is 11.0. The molecule has 1 radical (unpaired) electrons. The molecule has 0 saturated heterocycles. The van der Waals surface area contributed by atoms with Crippen LogP contribution in [-0.4, -0.2) is 12.7 Å². The van der Waals surface area contributed by atoms with Crippen molar-refractivity contribution in [2.24, 2.45) is 0 Å². The third-order valence-corrected chi connectivity index (χ3v) is 3.58. The Labute approximate surface area is 109 Å². The Morgan fingerprint density at radius 2 is 1.18 bits per heavy atom. The van der Waals surface area contributed by atoms with E-state index in [0.717, 1.165) is 6.42 Å². The second-order valence-electron chi connectivity index (χ2n) is 5.75. The van der Waals surface area contributed by atoms with E-state index in [1.807, 2.05) is 7.11 Å². The molecule has 0 heterocycles. The zero-order valence-electron chi connectivity index (χ0n) is 12.4. The molecule has 0 saturated carbocycles. The van der Waals surface area contributed by atoms with Crippen LogP contribution in [0.1, 0.15) is 84.5 Å². The van der Waals surface area contributed by atoms with Crippen LogP contribution in [0.3, 0.4) is 0 Å². The molecule has 0 aromatic heterocycles. The first kappa shape index (κ1) is 17.0. The predicted octanol–water partition coefficient (Wildman–Crippen LogP) is 5.54. The number of unbranched alkanes of at least 4 members (excludes halogenated alkanes) is 9. The molecule has 1 heteroatoms. The number of hydrogen-bond acceptors (Lipinski definition) is 1. The molecule has 0 amide bonds. The van der Waals surface area contributed by atoms with Crippen LogP contribution in [0.5, 0.6) is 0 Å². The molecular formula is C16H33O. The second-order valence-corrected chi connectivity index (χ2v) is 5.75. The van der Waals surface area contributed by atoms with E-state index in [0.29, 0.717) is 0 Å². The highest BCUT2D eigenvalue weighted by molar-refractivity contribution is 4.67. The van der Waals surface area contributed by atoms with Crippen LogP contribution in [0.15, 0.2) is 0 Å². The standard InChI is InChI=1S/C16H33O/c1-5-6-7-8-9-10-11-12-13-14-15-16(2,3)17-4/h1,5-15H2,2-4H3. The van der Waals surface area contributed by atoms with Crippen LogP contribution in [0, 0.1) is 6.92 Å². The fourth-order valence-corrected chi connectivity index (χ4v) is 2.07. The van der Waals surface area contributed by atoms with E-state index >= 15 is 0 Å². The van der Waals surface area contributed by atoms with Crippen LogP contribution in [0.25, 0.3) is 0 Å². The zero-order chi connectivity index (χ0) is 13.0. The molecule has 0 atom stereocenters. The topological polar surface area (TPSA) is 9.23 Å². The summed E-state index contributed by atoms with van der Waals surface area (Å²) in [5.74, 6) is 0. The molecule has 0 aromatic carbocycles. The number of ether oxygens (including phenoxy) is 1. The average Bonchev–Trinajstić information content (AvgIpc) is 2.31. The Morgan fingerprint density at radius 1 is 0.765 bits per heavy atom. The highest BCUT2D eigenvalue weighted by Gasteiger charge is 2.14. The van der Waals surface area contributed by atoms with Gasteiger partial charge >= 0.3 is 0 Å². The first-order valence-electron chi connectivity index (χ1n) is 7.47. The predicted molar refractivity (Wildman–Crippen MR) is 77.2 cm³/mol. The van der Waals surface area contributed by atoms with Gasteiger partial charge in [-0.25, -0.2) is 0 Å². The zero-order valence-corrected chi connectivity index (χ0v) is 12.4. The Bertz CT molecular complexity index is 152. The maximum absolute atomic E-state index is 5.42. The molecule has 0 aliphatic heterocycles. The summed E-state index contributed by atoms with van der Waals surface area (Å²) < 4.78 is 5.42. The molecule has 0 aromatic rings. The molecule has 0 aliphatic carbocycles. The van der Waals surface area contributed by atoms with Crippen LogP contribution < -0.4 is 0 Å². The lowest BCUT2D eigenvalue weighted by Crippen LogP contribution is -2.21. The second kappa shape index (κ2) is 11.1. The van der Waals surface area contributed by atoms with Crippen molar-refractivity contribution in [2.45, 2.75) is 90.1 Å². The minimum Gasteiger partial charge on any atom is -0.379 e. The van der Waals surface area contributed by atoms with Crippen molar-refractivity contribution in [3.8, 4) is 0 Å². The van der Waals surface area contributed by atoms with Crippen molar-refractivity contribution in [2.75, 3.05) is 7.11 Å². The molecule has 0 fully saturated rings. The lowest BCUT2D eigenvalue weighted by molar-refractivity contribution is 0.0134. The van der Waals surface area contributed by atoms with Crippen molar-refractivity contribution in [1.29, 1.82) is 0 Å². The fraction of sp³-hybridized carbons (Fsp3) is 0.938. The van der Waals surface area contributed by atoms with E-state index < -0.39 is 0 Å². The lowest BCUT2D eigenvalue weighted by Gasteiger charge is -2.22.